The highest BCUT2D eigenvalue weighted by molar-refractivity contribution is 8.00. The van der Waals surface area contributed by atoms with Gasteiger partial charge in [-0.05, 0) is 37.5 Å². The molecule has 0 aliphatic carbocycles. The van der Waals surface area contributed by atoms with E-state index in [-0.39, 0.29) is 0 Å². The molecule has 2 aliphatic heterocycles. The Balaban J connectivity index is 1.51. The molecule has 6 heteroatoms. The smallest absolute Gasteiger partial charge is 0.224 e. The minimum atomic E-state index is 0.372. The highest BCUT2D eigenvalue weighted by Gasteiger charge is 2.16. The fourth-order valence-electron chi connectivity index (χ4n) is 2.60. The van der Waals surface area contributed by atoms with E-state index in [1.54, 1.807) is 0 Å². The maximum atomic E-state index is 5.48. The predicted molar refractivity (Wildman–Crippen MR) is 83.5 cm³/mol. The number of nitrogens with zero attached hydrogens (tertiary/aromatic N) is 2. The van der Waals surface area contributed by atoms with Crippen LogP contribution >= 0.6 is 11.8 Å². The first-order valence-corrected chi connectivity index (χ1v) is 8.48. The van der Waals surface area contributed by atoms with Gasteiger partial charge in [0.25, 0.3) is 0 Å². The number of aromatic nitrogens is 2. The van der Waals surface area contributed by atoms with E-state index in [9.17, 15) is 0 Å². The maximum absolute atomic E-state index is 5.48. The van der Waals surface area contributed by atoms with Gasteiger partial charge in [0.1, 0.15) is 5.82 Å². The summed E-state index contributed by atoms with van der Waals surface area (Å²) in [6.45, 7) is 2.61. The number of rotatable bonds is 5. The minimum Gasteiger partial charge on any atom is -0.379 e. The maximum Gasteiger partial charge on any atom is 0.224 e. The third-order valence-corrected chi connectivity index (χ3v) is 5.08. The van der Waals surface area contributed by atoms with Crippen molar-refractivity contribution >= 4 is 23.5 Å². The second-order valence-corrected chi connectivity index (χ2v) is 6.75. The summed E-state index contributed by atoms with van der Waals surface area (Å²) in [5.74, 6) is 2.90. The average Bonchev–Trinajstić information content (AvgIpc) is 3.00. The lowest BCUT2D eigenvalue weighted by atomic mass is 10.1. The van der Waals surface area contributed by atoms with E-state index in [0.29, 0.717) is 11.3 Å². The van der Waals surface area contributed by atoms with Crippen LogP contribution in [0.1, 0.15) is 25.7 Å². The molecule has 5 nitrogen and oxygen atoms in total. The van der Waals surface area contributed by atoms with Gasteiger partial charge in [0.15, 0.2) is 0 Å². The Bertz CT molecular complexity index is 419. The van der Waals surface area contributed by atoms with Crippen LogP contribution in [-0.4, -0.2) is 46.8 Å². The van der Waals surface area contributed by atoms with E-state index >= 15 is 0 Å². The van der Waals surface area contributed by atoms with E-state index in [2.05, 4.69) is 20.6 Å². The van der Waals surface area contributed by atoms with Crippen LogP contribution in [0, 0.1) is 0 Å². The van der Waals surface area contributed by atoms with Crippen molar-refractivity contribution in [3.05, 3.63) is 12.3 Å². The number of anilines is 2. The van der Waals surface area contributed by atoms with Crippen LogP contribution in [0.15, 0.2) is 12.3 Å². The average molecular weight is 294 g/mol. The first-order chi connectivity index (χ1) is 9.90. The molecule has 20 heavy (non-hydrogen) atoms. The number of nitrogens with one attached hydrogen (secondary N) is 2. The SMILES string of the molecule is c1cc(N[C@@H]2CCCOC2)nc(NC[C@H]2CCCS2)n1. The summed E-state index contributed by atoms with van der Waals surface area (Å²) >= 11 is 2.04. The molecule has 0 saturated carbocycles. The van der Waals surface area contributed by atoms with Gasteiger partial charge in [0.2, 0.25) is 5.95 Å². The zero-order valence-corrected chi connectivity index (χ0v) is 12.5. The van der Waals surface area contributed by atoms with Crippen molar-refractivity contribution in [3.63, 3.8) is 0 Å². The number of hydrogen-bond donors (Lipinski definition) is 2. The van der Waals surface area contributed by atoms with Gasteiger partial charge < -0.3 is 15.4 Å². The molecular formula is C14H22N4OS. The molecule has 3 heterocycles. The van der Waals surface area contributed by atoms with E-state index in [0.717, 1.165) is 44.4 Å². The highest BCUT2D eigenvalue weighted by atomic mass is 32.2. The summed E-state index contributed by atoms with van der Waals surface area (Å²) in [4.78, 5) is 8.82. The molecule has 2 fully saturated rings. The van der Waals surface area contributed by atoms with Crippen LogP contribution < -0.4 is 10.6 Å². The Labute approximate surface area is 124 Å². The molecule has 0 aromatic carbocycles. The monoisotopic (exact) mass is 294 g/mol. The topological polar surface area (TPSA) is 59.1 Å². The predicted octanol–water partition coefficient (Wildman–Crippen LogP) is 2.38. The normalized spacial score (nSPS) is 26.4. The van der Waals surface area contributed by atoms with Gasteiger partial charge in [-0.1, -0.05) is 0 Å². The summed E-state index contributed by atoms with van der Waals surface area (Å²) in [5, 5.41) is 7.49. The van der Waals surface area contributed by atoms with Gasteiger partial charge in [0.05, 0.1) is 12.6 Å². The Kier molecular flexibility index (Phi) is 4.97. The van der Waals surface area contributed by atoms with Gasteiger partial charge in [-0.3, -0.25) is 0 Å². The van der Waals surface area contributed by atoms with Gasteiger partial charge in [-0.2, -0.15) is 16.7 Å². The zero-order valence-electron chi connectivity index (χ0n) is 11.7. The molecule has 0 unspecified atom stereocenters. The number of hydrogen-bond acceptors (Lipinski definition) is 6. The summed E-state index contributed by atoms with van der Waals surface area (Å²) in [5.41, 5.74) is 0. The Morgan fingerprint density at radius 1 is 1.35 bits per heavy atom. The fourth-order valence-corrected chi connectivity index (χ4v) is 3.80. The van der Waals surface area contributed by atoms with Crippen LogP contribution in [0.2, 0.25) is 0 Å². The van der Waals surface area contributed by atoms with E-state index in [1.165, 1.54) is 18.6 Å². The molecule has 0 bridgehead atoms. The zero-order chi connectivity index (χ0) is 13.6. The van der Waals surface area contributed by atoms with Crippen molar-refractivity contribution in [1.29, 1.82) is 0 Å². The number of ether oxygens (including phenoxy) is 1. The van der Waals surface area contributed by atoms with Crippen molar-refractivity contribution < 1.29 is 4.74 Å². The van der Waals surface area contributed by atoms with Crippen molar-refractivity contribution in [2.45, 2.75) is 37.0 Å². The van der Waals surface area contributed by atoms with Crippen LogP contribution in [0.25, 0.3) is 0 Å². The second kappa shape index (κ2) is 7.13. The molecule has 110 valence electrons. The Morgan fingerprint density at radius 2 is 2.35 bits per heavy atom. The van der Waals surface area contributed by atoms with Crippen LogP contribution in [0.3, 0.4) is 0 Å². The van der Waals surface area contributed by atoms with Crippen LogP contribution in [0.5, 0.6) is 0 Å². The molecule has 1 aromatic heterocycles. The van der Waals surface area contributed by atoms with E-state index < -0.39 is 0 Å². The van der Waals surface area contributed by atoms with Gasteiger partial charge in [-0.25, -0.2) is 4.98 Å². The summed E-state index contributed by atoms with van der Waals surface area (Å²) in [7, 11) is 0. The van der Waals surface area contributed by atoms with Gasteiger partial charge >= 0.3 is 0 Å². The third kappa shape index (κ3) is 3.99. The van der Waals surface area contributed by atoms with Crippen LogP contribution in [0.4, 0.5) is 11.8 Å². The van der Waals surface area contributed by atoms with Gasteiger partial charge in [-0.15, -0.1) is 0 Å². The molecule has 2 saturated heterocycles. The van der Waals surface area contributed by atoms with E-state index in [1.807, 2.05) is 24.0 Å². The molecule has 0 spiro atoms. The second-order valence-electron chi connectivity index (χ2n) is 5.34. The van der Waals surface area contributed by atoms with E-state index in [4.69, 9.17) is 4.74 Å². The first-order valence-electron chi connectivity index (χ1n) is 7.43. The number of thioether (sulfide) groups is 1. The molecule has 1 aromatic rings. The van der Waals surface area contributed by atoms with Crippen molar-refractivity contribution in [2.75, 3.05) is 36.1 Å². The van der Waals surface area contributed by atoms with Crippen molar-refractivity contribution in [3.8, 4) is 0 Å². The Hall–Kier alpha value is -1.01. The molecule has 2 atom stereocenters. The standard InChI is InChI=1S/C14H22N4OS/c1-3-11(10-19-7-1)17-13-5-6-15-14(18-13)16-9-12-4-2-8-20-12/h5-6,11-12H,1-4,7-10H2,(H2,15,16,17,18)/t11-,12-/m1/s1. The third-order valence-electron chi connectivity index (χ3n) is 3.68. The molecule has 2 N–H and O–H groups in total. The minimum absolute atomic E-state index is 0.372. The molecular weight excluding hydrogens is 272 g/mol. The largest absolute Gasteiger partial charge is 0.379 e. The fraction of sp³-hybridized carbons (Fsp3) is 0.714. The first kappa shape index (κ1) is 13.9. The molecule has 0 amide bonds. The molecule has 3 rings (SSSR count). The van der Waals surface area contributed by atoms with Crippen LogP contribution in [-0.2, 0) is 4.74 Å². The highest BCUT2D eigenvalue weighted by Crippen LogP contribution is 2.26. The summed E-state index contributed by atoms with van der Waals surface area (Å²) in [6, 6.07) is 2.29. The summed E-state index contributed by atoms with van der Waals surface area (Å²) < 4.78 is 5.48. The van der Waals surface area contributed by atoms with Gasteiger partial charge in [0, 0.05) is 24.6 Å². The Morgan fingerprint density at radius 3 is 3.15 bits per heavy atom. The van der Waals surface area contributed by atoms with Crippen molar-refractivity contribution in [1.82, 2.24) is 9.97 Å². The summed E-state index contributed by atoms with van der Waals surface area (Å²) in [6.07, 6.45) is 6.71. The molecule has 2 aliphatic rings. The quantitative estimate of drug-likeness (QED) is 0.869. The lowest BCUT2D eigenvalue weighted by Crippen LogP contribution is -2.30. The van der Waals surface area contributed by atoms with Crippen molar-refractivity contribution in [2.24, 2.45) is 0 Å². The molecule has 0 radical (unpaired) electrons. The lowest BCUT2D eigenvalue weighted by molar-refractivity contribution is 0.0875. The lowest BCUT2D eigenvalue weighted by Gasteiger charge is -2.23.